The fourth-order valence-corrected chi connectivity index (χ4v) is 1.56. The van der Waals surface area contributed by atoms with Crippen LogP contribution in [0.2, 0.25) is 5.02 Å². The number of carbonyl (C=O) groups excluding carboxylic acids is 1. The average molecular weight is 286 g/mol. The number of carbonyl (C=O) groups is 2. The highest BCUT2D eigenvalue weighted by Gasteiger charge is 2.10. The highest BCUT2D eigenvalue weighted by molar-refractivity contribution is 6.33. The lowest BCUT2D eigenvalue weighted by atomic mass is 10.2. The Kier molecular flexibility index (Phi) is 6.15. The van der Waals surface area contributed by atoms with E-state index < -0.39 is 5.97 Å². The number of hydrogen-bond donors (Lipinski definition) is 2. The number of ether oxygens (including phenoxy) is 1. The van der Waals surface area contributed by atoms with Gasteiger partial charge in [-0.05, 0) is 24.6 Å². The molecular weight excluding hydrogens is 270 g/mol. The summed E-state index contributed by atoms with van der Waals surface area (Å²) in [5, 5.41) is 11.7. The SMILES string of the molecule is CCCCNC(=O)COc1ccc(Cl)c(C(=O)O)c1. The van der Waals surface area contributed by atoms with E-state index in [1.165, 1.54) is 18.2 Å². The van der Waals surface area contributed by atoms with E-state index in [1.54, 1.807) is 0 Å². The highest BCUT2D eigenvalue weighted by Crippen LogP contribution is 2.22. The molecule has 19 heavy (non-hydrogen) atoms. The quantitative estimate of drug-likeness (QED) is 0.754. The molecule has 0 heterocycles. The van der Waals surface area contributed by atoms with Crippen molar-refractivity contribution in [2.75, 3.05) is 13.2 Å². The van der Waals surface area contributed by atoms with E-state index >= 15 is 0 Å². The molecule has 0 aliphatic heterocycles. The number of benzene rings is 1. The molecule has 104 valence electrons. The Bertz CT molecular complexity index is 462. The summed E-state index contributed by atoms with van der Waals surface area (Å²) in [4.78, 5) is 22.3. The van der Waals surface area contributed by atoms with Crippen molar-refractivity contribution >= 4 is 23.5 Å². The van der Waals surface area contributed by atoms with Crippen LogP contribution in [0.15, 0.2) is 18.2 Å². The van der Waals surface area contributed by atoms with Gasteiger partial charge in [-0.25, -0.2) is 4.79 Å². The minimum absolute atomic E-state index is 0.0504. The van der Waals surface area contributed by atoms with Crippen LogP contribution in [0, 0.1) is 0 Å². The first-order valence-electron chi connectivity index (χ1n) is 5.97. The number of amides is 1. The van der Waals surface area contributed by atoms with Crippen molar-refractivity contribution in [2.45, 2.75) is 19.8 Å². The van der Waals surface area contributed by atoms with Crippen molar-refractivity contribution in [2.24, 2.45) is 0 Å². The van der Waals surface area contributed by atoms with Crippen molar-refractivity contribution in [3.05, 3.63) is 28.8 Å². The maximum absolute atomic E-state index is 11.4. The van der Waals surface area contributed by atoms with Gasteiger partial charge in [0, 0.05) is 6.54 Å². The van der Waals surface area contributed by atoms with Gasteiger partial charge in [-0.1, -0.05) is 24.9 Å². The van der Waals surface area contributed by atoms with Gasteiger partial charge < -0.3 is 15.2 Å². The van der Waals surface area contributed by atoms with Gasteiger partial charge in [0.15, 0.2) is 6.61 Å². The topological polar surface area (TPSA) is 75.6 Å². The Labute approximate surface area is 116 Å². The number of carboxylic acids is 1. The minimum atomic E-state index is -1.14. The number of carboxylic acid groups (broad SMARTS) is 1. The molecule has 0 saturated heterocycles. The molecule has 0 atom stereocenters. The van der Waals surface area contributed by atoms with Gasteiger partial charge in [-0.2, -0.15) is 0 Å². The van der Waals surface area contributed by atoms with Crippen LogP contribution < -0.4 is 10.1 Å². The second-order valence-corrected chi connectivity index (χ2v) is 4.35. The van der Waals surface area contributed by atoms with E-state index in [1.807, 2.05) is 6.92 Å². The zero-order valence-corrected chi connectivity index (χ0v) is 11.4. The molecule has 2 N–H and O–H groups in total. The lowest BCUT2D eigenvalue weighted by Gasteiger charge is -2.08. The summed E-state index contributed by atoms with van der Waals surface area (Å²) in [6.07, 6.45) is 1.91. The van der Waals surface area contributed by atoms with E-state index in [4.69, 9.17) is 21.4 Å². The standard InChI is InChI=1S/C13H16ClNO4/c1-2-3-6-15-12(16)8-19-9-4-5-11(14)10(7-9)13(17)18/h4-5,7H,2-3,6,8H2,1H3,(H,15,16)(H,17,18). The minimum Gasteiger partial charge on any atom is -0.484 e. The van der Waals surface area contributed by atoms with Crippen LogP contribution >= 0.6 is 11.6 Å². The molecule has 1 aromatic carbocycles. The molecule has 0 aliphatic carbocycles. The fourth-order valence-electron chi connectivity index (χ4n) is 1.36. The van der Waals surface area contributed by atoms with Gasteiger partial charge in [0.2, 0.25) is 0 Å². The summed E-state index contributed by atoms with van der Waals surface area (Å²) < 4.78 is 5.21. The second-order valence-electron chi connectivity index (χ2n) is 3.94. The molecule has 0 bridgehead atoms. The van der Waals surface area contributed by atoms with Gasteiger partial charge in [0.1, 0.15) is 5.75 Å². The molecule has 1 amide bonds. The van der Waals surface area contributed by atoms with Gasteiger partial charge >= 0.3 is 5.97 Å². The molecule has 0 spiro atoms. The first kappa shape index (κ1) is 15.3. The number of unbranched alkanes of at least 4 members (excludes halogenated alkanes) is 1. The van der Waals surface area contributed by atoms with E-state index in [0.29, 0.717) is 12.3 Å². The lowest BCUT2D eigenvalue weighted by Crippen LogP contribution is -2.29. The Morgan fingerprint density at radius 1 is 1.42 bits per heavy atom. The largest absolute Gasteiger partial charge is 0.484 e. The van der Waals surface area contributed by atoms with Crippen LogP contribution in [0.25, 0.3) is 0 Å². The fraction of sp³-hybridized carbons (Fsp3) is 0.385. The predicted octanol–water partition coefficient (Wildman–Crippen LogP) is 2.33. The first-order chi connectivity index (χ1) is 9.04. The molecule has 0 aromatic heterocycles. The molecule has 1 rings (SSSR count). The maximum Gasteiger partial charge on any atom is 0.337 e. The number of halogens is 1. The summed E-state index contributed by atoms with van der Waals surface area (Å²) in [5.74, 6) is -1.07. The molecule has 0 saturated carbocycles. The number of nitrogens with one attached hydrogen (secondary N) is 1. The van der Waals surface area contributed by atoms with E-state index in [2.05, 4.69) is 5.32 Å². The molecule has 0 unspecified atom stereocenters. The summed E-state index contributed by atoms with van der Waals surface area (Å²) in [6.45, 7) is 2.49. The molecule has 0 fully saturated rings. The zero-order chi connectivity index (χ0) is 14.3. The summed E-state index contributed by atoms with van der Waals surface area (Å²) >= 11 is 5.72. The van der Waals surface area contributed by atoms with Crippen LogP contribution in [0.1, 0.15) is 30.1 Å². The van der Waals surface area contributed by atoms with E-state index in [0.717, 1.165) is 12.8 Å². The molecule has 1 aromatic rings. The third-order valence-corrected chi connectivity index (χ3v) is 2.72. The van der Waals surface area contributed by atoms with Gasteiger partial charge in [0.05, 0.1) is 10.6 Å². The average Bonchev–Trinajstić information content (AvgIpc) is 2.37. The van der Waals surface area contributed by atoms with Gasteiger partial charge in [-0.15, -0.1) is 0 Å². The van der Waals surface area contributed by atoms with Crippen molar-refractivity contribution < 1.29 is 19.4 Å². The van der Waals surface area contributed by atoms with Gasteiger partial charge in [0.25, 0.3) is 5.91 Å². The smallest absolute Gasteiger partial charge is 0.337 e. The van der Waals surface area contributed by atoms with Crippen LogP contribution in [0.5, 0.6) is 5.75 Å². The first-order valence-corrected chi connectivity index (χ1v) is 6.34. The molecule has 6 heteroatoms. The predicted molar refractivity (Wildman–Crippen MR) is 71.8 cm³/mol. The monoisotopic (exact) mass is 285 g/mol. The van der Waals surface area contributed by atoms with Crippen LogP contribution in [0.4, 0.5) is 0 Å². The molecule has 5 nitrogen and oxygen atoms in total. The Balaban J connectivity index is 2.51. The Hall–Kier alpha value is -1.75. The lowest BCUT2D eigenvalue weighted by molar-refractivity contribution is -0.123. The van der Waals surface area contributed by atoms with Crippen molar-refractivity contribution in [1.82, 2.24) is 5.32 Å². The third kappa shape index (κ3) is 5.18. The van der Waals surface area contributed by atoms with Crippen LogP contribution in [0.3, 0.4) is 0 Å². The number of aromatic carboxylic acids is 1. The molecular formula is C13H16ClNO4. The molecule has 0 radical (unpaired) electrons. The van der Waals surface area contributed by atoms with E-state index in [-0.39, 0.29) is 23.1 Å². The van der Waals surface area contributed by atoms with Crippen molar-refractivity contribution in [3.8, 4) is 5.75 Å². The van der Waals surface area contributed by atoms with Crippen molar-refractivity contribution in [1.29, 1.82) is 0 Å². The molecule has 0 aliphatic rings. The number of rotatable bonds is 7. The van der Waals surface area contributed by atoms with Crippen LogP contribution in [-0.2, 0) is 4.79 Å². The maximum atomic E-state index is 11.4. The van der Waals surface area contributed by atoms with Gasteiger partial charge in [-0.3, -0.25) is 4.79 Å². The summed E-state index contributed by atoms with van der Waals surface area (Å²) in [5.41, 5.74) is -0.0504. The van der Waals surface area contributed by atoms with E-state index in [9.17, 15) is 9.59 Å². The second kappa shape index (κ2) is 7.63. The van der Waals surface area contributed by atoms with Crippen LogP contribution in [-0.4, -0.2) is 30.1 Å². The Morgan fingerprint density at radius 2 is 2.16 bits per heavy atom. The van der Waals surface area contributed by atoms with Crippen molar-refractivity contribution in [3.63, 3.8) is 0 Å². The summed E-state index contributed by atoms with van der Waals surface area (Å²) in [7, 11) is 0. The highest BCUT2D eigenvalue weighted by atomic mass is 35.5. The number of hydrogen-bond acceptors (Lipinski definition) is 3. The normalized spacial score (nSPS) is 10.0. The summed E-state index contributed by atoms with van der Waals surface area (Å²) in [6, 6.07) is 4.24. The Morgan fingerprint density at radius 3 is 2.79 bits per heavy atom. The zero-order valence-electron chi connectivity index (χ0n) is 10.6. The third-order valence-electron chi connectivity index (χ3n) is 2.39.